The van der Waals surface area contributed by atoms with Gasteiger partial charge in [-0.2, -0.15) is 0 Å². The number of rotatable bonds is 9. The average Bonchev–Trinajstić information content (AvgIpc) is 2.86. The second-order valence-electron chi connectivity index (χ2n) is 9.74. The van der Waals surface area contributed by atoms with Crippen molar-refractivity contribution in [2.45, 2.75) is 78.5 Å². The van der Waals surface area contributed by atoms with Crippen molar-refractivity contribution in [3.05, 3.63) is 70.3 Å². The van der Waals surface area contributed by atoms with Crippen molar-refractivity contribution in [2.24, 2.45) is 0 Å². The van der Waals surface area contributed by atoms with E-state index in [-0.39, 0.29) is 12.4 Å². The van der Waals surface area contributed by atoms with Crippen LogP contribution in [0, 0.1) is 6.92 Å². The minimum Gasteiger partial charge on any atom is -0.463 e. The summed E-state index contributed by atoms with van der Waals surface area (Å²) in [6, 6.07) is 12.9. The quantitative estimate of drug-likeness (QED) is 0.257. The number of ketones is 1. The zero-order chi connectivity index (χ0) is 29.6. The predicted molar refractivity (Wildman–Crippen MR) is 141 cm³/mol. The number of ether oxygens (including phenoxy) is 5. The normalized spacial score (nSPS) is 22.1. The maximum Gasteiger partial charge on any atom is 0.303 e. The molecule has 1 aliphatic rings. The molecule has 1 aliphatic heterocycles. The smallest absolute Gasteiger partial charge is 0.303 e. The zero-order valence-corrected chi connectivity index (χ0v) is 23.4. The largest absolute Gasteiger partial charge is 0.463 e. The zero-order valence-electron chi connectivity index (χ0n) is 23.4. The van der Waals surface area contributed by atoms with Crippen LogP contribution < -0.4 is 0 Å². The Labute approximate surface area is 232 Å². The molecular weight excluding hydrogens is 520 g/mol. The fourth-order valence-corrected chi connectivity index (χ4v) is 4.63. The lowest BCUT2D eigenvalue weighted by Gasteiger charge is -2.44. The van der Waals surface area contributed by atoms with E-state index in [1.165, 1.54) is 34.6 Å². The van der Waals surface area contributed by atoms with Gasteiger partial charge in [-0.05, 0) is 42.5 Å². The molecule has 0 bridgehead atoms. The number of Topliss-reactive ketones (excluding diaryl/α,β-unsaturated/α-hetero) is 1. The maximum atomic E-state index is 12.2. The first-order valence-corrected chi connectivity index (χ1v) is 12.9. The van der Waals surface area contributed by atoms with Gasteiger partial charge < -0.3 is 23.7 Å². The van der Waals surface area contributed by atoms with E-state index in [1.807, 2.05) is 31.2 Å². The molecule has 0 aromatic heterocycles. The lowest BCUT2D eigenvalue weighted by molar-refractivity contribution is -0.254. The van der Waals surface area contributed by atoms with Crippen LogP contribution in [-0.2, 0) is 49.3 Å². The third-order valence-electron chi connectivity index (χ3n) is 6.45. The number of benzene rings is 2. The average molecular weight is 555 g/mol. The molecule has 40 heavy (non-hydrogen) atoms. The molecular formula is C30H34O10. The fourth-order valence-electron chi connectivity index (χ4n) is 4.63. The van der Waals surface area contributed by atoms with Crippen LogP contribution in [0.25, 0.3) is 0 Å². The topological polar surface area (TPSA) is 132 Å². The van der Waals surface area contributed by atoms with E-state index < -0.39 is 54.4 Å². The van der Waals surface area contributed by atoms with Crippen LogP contribution in [0.5, 0.6) is 0 Å². The van der Waals surface area contributed by atoms with Crippen molar-refractivity contribution in [3.8, 4) is 0 Å². The van der Waals surface area contributed by atoms with Crippen LogP contribution in [0.1, 0.15) is 73.3 Å². The molecule has 0 spiro atoms. The Balaban J connectivity index is 2.05. The molecule has 214 valence electrons. The van der Waals surface area contributed by atoms with Gasteiger partial charge in [0, 0.05) is 33.3 Å². The van der Waals surface area contributed by atoms with Gasteiger partial charge in [0.15, 0.2) is 24.1 Å². The Morgan fingerprint density at radius 2 is 1.30 bits per heavy atom. The lowest BCUT2D eigenvalue weighted by atomic mass is 9.88. The van der Waals surface area contributed by atoms with Crippen molar-refractivity contribution in [1.29, 1.82) is 0 Å². The minimum atomic E-state index is -1.24. The Kier molecular flexibility index (Phi) is 10.2. The van der Waals surface area contributed by atoms with Crippen LogP contribution in [0.3, 0.4) is 0 Å². The molecule has 0 amide bonds. The number of carbonyl (C=O) groups is 5. The molecule has 1 heterocycles. The monoisotopic (exact) mass is 554 g/mol. The molecule has 1 saturated heterocycles. The van der Waals surface area contributed by atoms with E-state index in [1.54, 1.807) is 18.2 Å². The molecule has 10 heteroatoms. The van der Waals surface area contributed by atoms with Crippen LogP contribution in [0.2, 0.25) is 0 Å². The number of hydrogen-bond acceptors (Lipinski definition) is 10. The van der Waals surface area contributed by atoms with E-state index in [0.29, 0.717) is 17.5 Å². The van der Waals surface area contributed by atoms with E-state index in [2.05, 4.69) is 0 Å². The van der Waals surface area contributed by atoms with Crippen molar-refractivity contribution in [2.75, 3.05) is 6.61 Å². The van der Waals surface area contributed by atoms with E-state index in [9.17, 15) is 24.0 Å². The molecule has 0 radical (unpaired) electrons. The summed E-state index contributed by atoms with van der Waals surface area (Å²) in [5.41, 5.74) is 4.14. The van der Waals surface area contributed by atoms with Gasteiger partial charge in [-0.15, -0.1) is 0 Å². The second-order valence-corrected chi connectivity index (χ2v) is 9.74. The van der Waals surface area contributed by atoms with E-state index in [0.717, 1.165) is 16.7 Å². The molecule has 1 fully saturated rings. The van der Waals surface area contributed by atoms with Gasteiger partial charge in [0.05, 0.1) is 0 Å². The van der Waals surface area contributed by atoms with E-state index in [4.69, 9.17) is 23.7 Å². The summed E-state index contributed by atoms with van der Waals surface area (Å²) in [5, 5.41) is 0. The van der Waals surface area contributed by atoms with Gasteiger partial charge in [0.1, 0.15) is 18.8 Å². The number of hydrogen-bond donors (Lipinski definition) is 0. The van der Waals surface area contributed by atoms with Crippen LogP contribution in [0.4, 0.5) is 0 Å². The summed E-state index contributed by atoms with van der Waals surface area (Å²) < 4.78 is 28.1. The predicted octanol–water partition coefficient (Wildman–Crippen LogP) is 3.59. The molecule has 10 nitrogen and oxygen atoms in total. The molecule has 0 N–H and O–H groups in total. The number of esters is 4. The van der Waals surface area contributed by atoms with Crippen molar-refractivity contribution in [1.82, 2.24) is 0 Å². The van der Waals surface area contributed by atoms with Crippen LogP contribution in [-0.4, -0.2) is 60.7 Å². The Morgan fingerprint density at radius 3 is 1.85 bits per heavy atom. The highest BCUT2D eigenvalue weighted by Gasteiger charge is 2.52. The highest BCUT2D eigenvalue weighted by Crippen LogP contribution is 2.38. The summed E-state index contributed by atoms with van der Waals surface area (Å²) in [6.07, 6.45) is -5.08. The molecule has 5 atom stereocenters. The van der Waals surface area contributed by atoms with Crippen molar-refractivity contribution >= 4 is 29.7 Å². The Hall–Kier alpha value is -4.05. The SMILES string of the molecule is CC(=O)OC[C@H]1O[C@@H](c2ccc(C)c(Cc3ccc(C(C)=O)cc3)c2)[C@H](OC(C)=O)[C@@H](OC(C)=O)[C@@H]1OC(C)=O. The third kappa shape index (κ3) is 7.98. The van der Waals surface area contributed by atoms with Gasteiger partial charge in [0.2, 0.25) is 0 Å². The first kappa shape index (κ1) is 30.5. The fraction of sp³-hybridized carbons (Fsp3) is 0.433. The summed E-state index contributed by atoms with van der Waals surface area (Å²) in [4.78, 5) is 59.5. The Morgan fingerprint density at radius 1 is 0.725 bits per heavy atom. The molecule has 3 rings (SSSR count). The molecule has 2 aromatic rings. The minimum absolute atomic E-state index is 0.0200. The van der Waals surface area contributed by atoms with E-state index >= 15 is 0 Å². The van der Waals surface area contributed by atoms with Gasteiger partial charge in [-0.1, -0.05) is 42.5 Å². The highest BCUT2D eigenvalue weighted by atomic mass is 16.7. The van der Waals surface area contributed by atoms with Crippen LogP contribution in [0.15, 0.2) is 42.5 Å². The first-order valence-electron chi connectivity index (χ1n) is 12.9. The van der Waals surface area contributed by atoms with Gasteiger partial charge in [-0.3, -0.25) is 24.0 Å². The number of aryl methyl sites for hydroxylation is 1. The summed E-state index contributed by atoms with van der Waals surface area (Å²) in [7, 11) is 0. The highest BCUT2D eigenvalue weighted by molar-refractivity contribution is 5.94. The Bertz CT molecular complexity index is 1270. The first-order chi connectivity index (χ1) is 18.8. The second kappa shape index (κ2) is 13.3. The number of carbonyl (C=O) groups excluding carboxylic acids is 5. The third-order valence-corrected chi connectivity index (χ3v) is 6.45. The summed E-state index contributed by atoms with van der Waals surface area (Å²) in [5.74, 6) is -2.64. The molecule has 0 aliphatic carbocycles. The van der Waals surface area contributed by atoms with Crippen LogP contribution >= 0.6 is 0 Å². The van der Waals surface area contributed by atoms with Gasteiger partial charge in [-0.25, -0.2) is 0 Å². The maximum absolute atomic E-state index is 12.2. The molecule has 2 aromatic carbocycles. The molecule has 0 saturated carbocycles. The summed E-state index contributed by atoms with van der Waals surface area (Å²) >= 11 is 0. The molecule has 0 unspecified atom stereocenters. The standard InChI is InChI=1S/C30H34O10/c1-16-7-10-24(14-25(16)13-22-8-11-23(12-9-22)17(2)31)27-29(38-20(5)34)30(39-21(6)35)28(37-19(4)33)26(40-27)15-36-18(3)32/h7-12,14,26-30H,13,15H2,1-6H3/t26-,27+,28-,29+,30+/m1/s1. The lowest BCUT2D eigenvalue weighted by Crippen LogP contribution is -2.59. The van der Waals surface area contributed by atoms with Gasteiger partial charge in [0.25, 0.3) is 0 Å². The van der Waals surface area contributed by atoms with Crippen molar-refractivity contribution < 1.29 is 47.7 Å². The summed E-state index contributed by atoms with van der Waals surface area (Å²) in [6.45, 7) is 7.96. The van der Waals surface area contributed by atoms with Gasteiger partial charge >= 0.3 is 23.9 Å². The van der Waals surface area contributed by atoms with Crippen molar-refractivity contribution in [3.63, 3.8) is 0 Å².